The molecule has 0 bridgehead atoms. The molecule has 1 aliphatic carbocycles. The maximum absolute atomic E-state index is 12.9. The van der Waals surface area contributed by atoms with Crippen molar-refractivity contribution < 1.29 is 21.6 Å². The van der Waals surface area contributed by atoms with Crippen LogP contribution in [0.3, 0.4) is 0 Å². The predicted octanol–water partition coefficient (Wildman–Crippen LogP) is 2.62. The zero-order valence-electron chi connectivity index (χ0n) is 11.5. The van der Waals surface area contributed by atoms with Crippen molar-refractivity contribution in [3.05, 3.63) is 16.3 Å². The van der Waals surface area contributed by atoms with E-state index in [9.17, 15) is 21.6 Å². The van der Waals surface area contributed by atoms with E-state index in [2.05, 4.69) is 5.32 Å². The minimum Gasteiger partial charge on any atom is -0.312 e. The summed E-state index contributed by atoms with van der Waals surface area (Å²) in [4.78, 5) is 0.459. The van der Waals surface area contributed by atoms with E-state index in [-0.39, 0.29) is 17.7 Å². The lowest BCUT2D eigenvalue weighted by Crippen LogP contribution is -2.47. The Kier molecular flexibility index (Phi) is 4.67. The third-order valence-electron chi connectivity index (χ3n) is 3.33. The third-order valence-corrected chi connectivity index (χ3v) is 6.00. The van der Waals surface area contributed by atoms with Crippen LogP contribution in [0.2, 0.25) is 0 Å². The number of rotatable bonds is 7. The first-order valence-electron chi connectivity index (χ1n) is 6.60. The van der Waals surface area contributed by atoms with Gasteiger partial charge < -0.3 is 5.32 Å². The monoisotopic (exact) mass is 342 g/mol. The second kappa shape index (κ2) is 5.86. The van der Waals surface area contributed by atoms with Gasteiger partial charge in [0.05, 0.1) is 4.90 Å². The normalized spacial score (nSPS) is 17.9. The molecule has 21 heavy (non-hydrogen) atoms. The molecule has 2 rings (SSSR count). The fraction of sp³-hybridized carbons (Fsp3) is 0.667. The number of hydrogen-bond donors (Lipinski definition) is 2. The Morgan fingerprint density at radius 2 is 2.05 bits per heavy atom. The van der Waals surface area contributed by atoms with Crippen molar-refractivity contribution in [1.82, 2.24) is 10.0 Å². The number of halogens is 3. The summed E-state index contributed by atoms with van der Waals surface area (Å²) in [5, 5.41) is 4.63. The van der Waals surface area contributed by atoms with E-state index in [1.165, 1.54) is 17.4 Å². The van der Waals surface area contributed by atoms with Gasteiger partial charge in [-0.25, -0.2) is 8.42 Å². The van der Waals surface area contributed by atoms with Crippen molar-refractivity contribution in [2.24, 2.45) is 0 Å². The van der Waals surface area contributed by atoms with Crippen LogP contribution in [0.4, 0.5) is 13.2 Å². The highest BCUT2D eigenvalue weighted by Crippen LogP contribution is 2.49. The maximum atomic E-state index is 12.9. The highest BCUT2D eigenvalue weighted by atomic mass is 32.2. The Hall–Kier alpha value is -0.640. The lowest BCUT2D eigenvalue weighted by molar-refractivity contribution is -0.160. The fourth-order valence-electron chi connectivity index (χ4n) is 1.96. The molecule has 0 atom stereocenters. The van der Waals surface area contributed by atoms with Crippen LogP contribution in [-0.2, 0) is 16.6 Å². The zero-order valence-corrected chi connectivity index (χ0v) is 13.1. The minimum atomic E-state index is -4.56. The molecule has 0 aliphatic heterocycles. The van der Waals surface area contributed by atoms with Gasteiger partial charge in [0, 0.05) is 11.4 Å². The van der Waals surface area contributed by atoms with Gasteiger partial charge >= 0.3 is 6.18 Å². The molecule has 1 fully saturated rings. The second-order valence-electron chi connectivity index (χ2n) is 5.07. The number of nitrogens with one attached hydrogen (secondary N) is 2. The largest absolute Gasteiger partial charge is 0.407 e. The van der Waals surface area contributed by atoms with Crippen LogP contribution in [0.25, 0.3) is 0 Å². The van der Waals surface area contributed by atoms with Crippen LogP contribution >= 0.6 is 11.3 Å². The molecule has 0 radical (unpaired) electrons. The molecule has 1 saturated carbocycles. The summed E-state index contributed by atoms with van der Waals surface area (Å²) in [7, 11) is -4.16. The summed E-state index contributed by atoms with van der Waals surface area (Å²) in [6, 6.07) is 1.35. The Morgan fingerprint density at radius 1 is 1.38 bits per heavy atom. The molecular weight excluding hydrogens is 325 g/mol. The Balaban J connectivity index is 2.16. The lowest BCUT2D eigenvalue weighted by Gasteiger charge is -2.20. The van der Waals surface area contributed by atoms with E-state index < -0.39 is 21.7 Å². The first kappa shape index (κ1) is 16.7. The van der Waals surface area contributed by atoms with Gasteiger partial charge in [-0.2, -0.15) is 17.9 Å². The number of thiophene rings is 1. The van der Waals surface area contributed by atoms with Crippen molar-refractivity contribution in [3.8, 4) is 0 Å². The molecule has 0 saturated heterocycles. The Bertz CT molecular complexity index is 592. The van der Waals surface area contributed by atoms with Gasteiger partial charge in [-0.15, -0.1) is 11.3 Å². The molecule has 0 aromatic carbocycles. The molecule has 0 amide bonds. The van der Waals surface area contributed by atoms with Crippen molar-refractivity contribution in [3.63, 3.8) is 0 Å². The molecule has 0 spiro atoms. The number of hydrogen-bond acceptors (Lipinski definition) is 4. The van der Waals surface area contributed by atoms with E-state index >= 15 is 0 Å². The van der Waals surface area contributed by atoms with Gasteiger partial charge in [0.15, 0.2) is 0 Å². The summed E-state index contributed by atoms with van der Waals surface area (Å²) in [6.45, 7) is 3.03. The minimum absolute atomic E-state index is 0.0633. The maximum Gasteiger partial charge on any atom is 0.407 e. The summed E-state index contributed by atoms with van der Waals surface area (Å²) in [6.07, 6.45) is -4.08. The van der Waals surface area contributed by atoms with Gasteiger partial charge in [-0.3, -0.25) is 0 Å². The first-order chi connectivity index (χ1) is 9.72. The van der Waals surface area contributed by atoms with E-state index in [0.29, 0.717) is 11.4 Å². The molecule has 0 unspecified atom stereocenters. The summed E-state index contributed by atoms with van der Waals surface area (Å²) < 4.78 is 64.9. The predicted molar refractivity (Wildman–Crippen MR) is 74.7 cm³/mol. The number of sulfonamides is 1. The van der Waals surface area contributed by atoms with Crippen LogP contribution in [0.1, 0.15) is 31.1 Å². The van der Waals surface area contributed by atoms with Crippen LogP contribution < -0.4 is 10.0 Å². The SMILES string of the molecule is CCCNCc1sccc1S(=O)(=O)NC1(C(F)(F)F)CC1. The third kappa shape index (κ3) is 3.58. The molecule has 1 aromatic rings. The van der Waals surface area contributed by atoms with E-state index in [1.807, 2.05) is 11.6 Å². The second-order valence-corrected chi connectivity index (χ2v) is 7.72. The van der Waals surface area contributed by atoms with Gasteiger partial charge in [0.25, 0.3) is 0 Å². The highest BCUT2D eigenvalue weighted by molar-refractivity contribution is 7.89. The van der Waals surface area contributed by atoms with Crippen LogP contribution in [0.5, 0.6) is 0 Å². The molecule has 1 heterocycles. The van der Waals surface area contributed by atoms with E-state index in [4.69, 9.17) is 0 Å². The van der Waals surface area contributed by atoms with Gasteiger partial charge in [-0.05, 0) is 37.3 Å². The summed E-state index contributed by atoms with van der Waals surface area (Å²) in [5.41, 5.74) is -2.28. The topological polar surface area (TPSA) is 58.2 Å². The lowest BCUT2D eigenvalue weighted by atomic mass is 10.3. The van der Waals surface area contributed by atoms with Crippen molar-refractivity contribution in [2.75, 3.05) is 6.54 Å². The van der Waals surface area contributed by atoms with E-state index in [1.54, 1.807) is 5.38 Å². The molecule has 4 nitrogen and oxygen atoms in total. The first-order valence-corrected chi connectivity index (χ1v) is 8.96. The zero-order chi connectivity index (χ0) is 15.7. The summed E-state index contributed by atoms with van der Waals surface area (Å²) in [5.74, 6) is 0. The smallest absolute Gasteiger partial charge is 0.312 e. The standard InChI is InChI=1S/C12H17F3N2O2S2/c1-2-6-16-8-9-10(3-7-20-9)21(18,19)17-11(4-5-11)12(13,14)15/h3,7,16-17H,2,4-6,8H2,1H3. The fourth-order valence-corrected chi connectivity index (χ4v) is 4.82. The average molecular weight is 342 g/mol. The van der Waals surface area contributed by atoms with Gasteiger partial charge in [-0.1, -0.05) is 6.92 Å². The van der Waals surface area contributed by atoms with Crippen molar-refractivity contribution >= 4 is 21.4 Å². The average Bonchev–Trinajstić information content (AvgIpc) is 2.99. The molecule has 2 N–H and O–H groups in total. The Labute approximate surface area is 125 Å². The molecular formula is C12H17F3N2O2S2. The van der Waals surface area contributed by atoms with Crippen molar-refractivity contribution in [2.45, 2.75) is 49.3 Å². The van der Waals surface area contributed by atoms with Crippen molar-refractivity contribution in [1.29, 1.82) is 0 Å². The van der Waals surface area contributed by atoms with Gasteiger partial charge in [0.2, 0.25) is 10.0 Å². The number of alkyl halides is 3. The quantitative estimate of drug-likeness (QED) is 0.749. The Morgan fingerprint density at radius 3 is 2.57 bits per heavy atom. The molecule has 120 valence electrons. The highest BCUT2D eigenvalue weighted by Gasteiger charge is 2.65. The summed E-state index contributed by atoms with van der Waals surface area (Å²) >= 11 is 1.22. The molecule has 1 aliphatic rings. The molecule has 1 aromatic heterocycles. The van der Waals surface area contributed by atoms with Crippen LogP contribution in [0, 0.1) is 0 Å². The van der Waals surface area contributed by atoms with Gasteiger partial charge in [0.1, 0.15) is 5.54 Å². The molecule has 9 heteroatoms. The van der Waals surface area contributed by atoms with E-state index in [0.717, 1.165) is 13.0 Å². The van der Waals surface area contributed by atoms with Crippen LogP contribution in [-0.4, -0.2) is 26.7 Å². The van der Waals surface area contributed by atoms with Crippen LogP contribution in [0.15, 0.2) is 16.3 Å².